The van der Waals surface area contributed by atoms with E-state index in [1.54, 1.807) is 16.4 Å². The van der Waals surface area contributed by atoms with E-state index in [0.717, 1.165) is 5.16 Å². The first kappa shape index (κ1) is 4.14. The van der Waals surface area contributed by atoms with Crippen molar-refractivity contribution in [3.63, 3.8) is 0 Å². The number of hydrogen-bond donors (Lipinski definition) is 0. The Morgan fingerprint density at radius 1 is 1.75 bits per heavy atom. The highest BCUT2D eigenvalue weighted by molar-refractivity contribution is 8.12. The van der Waals surface area contributed by atoms with Gasteiger partial charge in [0.15, 0.2) is 5.10 Å². The van der Waals surface area contributed by atoms with Crippen LogP contribution in [-0.4, -0.2) is 15.2 Å². The first-order chi connectivity index (χ1) is 3.97. The number of nitrogens with zero attached hydrogens (tertiary/aromatic N) is 3. The minimum absolute atomic E-state index is 0.949. The van der Waals surface area contributed by atoms with Gasteiger partial charge in [0.05, 0.1) is 12.4 Å². The Labute approximate surface area is 50.4 Å². The molecule has 1 radical (unpaired) electrons. The third-order valence-corrected chi connectivity index (χ3v) is 1.62. The molecule has 8 heavy (non-hydrogen) atoms. The molecule has 0 N–H and O–H groups in total. The fraction of sp³-hybridized carbons (Fsp3) is 0. The molecule has 0 atom stereocenters. The van der Waals surface area contributed by atoms with Gasteiger partial charge < -0.3 is 0 Å². The van der Waals surface area contributed by atoms with Crippen LogP contribution in [0, 0.1) is 0 Å². The Hall–Kier alpha value is -0.770. The van der Waals surface area contributed by atoms with Crippen molar-refractivity contribution >= 4 is 17.3 Å². The summed E-state index contributed by atoms with van der Waals surface area (Å²) in [6.07, 6.45) is 3.56. The zero-order valence-electron chi connectivity index (χ0n) is 3.98. The summed E-state index contributed by atoms with van der Waals surface area (Å²) in [7, 11) is 0. The van der Waals surface area contributed by atoms with Gasteiger partial charge in [-0.3, -0.25) is 0 Å². The fourth-order valence-electron chi connectivity index (χ4n) is 0.577. The maximum Gasteiger partial charge on any atom is 0.317 e. The van der Waals surface area contributed by atoms with Crippen molar-refractivity contribution in [3.8, 4) is 0 Å². The van der Waals surface area contributed by atoms with Crippen LogP contribution in [0.15, 0.2) is 17.6 Å². The normalized spacial score (nSPS) is 14.5. The van der Waals surface area contributed by atoms with Gasteiger partial charge in [-0.2, -0.15) is 0 Å². The average Bonchev–Trinajstić information content (AvgIpc) is 2.15. The summed E-state index contributed by atoms with van der Waals surface area (Å²) in [5.74, 6) is 0. The molecule has 0 amide bonds. The van der Waals surface area contributed by atoms with E-state index in [9.17, 15) is 0 Å². The molecule has 1 aliphatic rings. The molecule has 0 spiro atoms. The second-order valence-electron chi connectivity index (χ2n) is 1.39. The summed E-state index contributed by atoms with van der Waals surface area (Å²) in [6, 6.07) is 0. The van der Waals surface area contributed by atoms with Gasteiger partial charge in [-0.15, -0.1) is 0 Å². The average molecular weight is 125 g/mol. The minimum atomic E-state index is 0.949. The third-order valence-electron chi connectivity index (χ3n) is 0.918. The fourth-order valence-corrected chi connectivity index (χ4v) is 1.16. The molecule has 39 valence electrons. The predicted molar refractivity (Wildman–Crippen MR) is 31.7 cm³/mol. The number of hydrogen-bond acceptors (Lipinski definition) is 3. The van der Waals surface area contributed by atoms with Gasteiger partial charge >= 0.3 is 5.55 Å². The maximum absolute atomic E-state index is 4.00. The number of imidazole rings is 1. The second-order valence-corrected chi connectivity index (χ2v) is 2.20. The number of thioether (sulfide) groups is 1. The molecular formula is C4H3N3S+. The third kappa shape index (κ3) is 0.403. The summed E-state index contributed by atoms with van der Waals surface area (Å²) in [5.41, 5.74) is 1.77. The smallest absolute Gasteiger partial charge is 0.225 e. The molecule has 1 aromatic rings. The molecule has 0 aliphatic carbocycles. The van der Waals surface area contributed by atoms with Crippen LogP contribution in [0.25, 0.3) is 0 Å². The van der Waals surface area contributed by atoms with Crippen LogP contribution < -0.4 is 5.10 Å². The van der Waals surface area contributed by atoms with Crippen LogP contribution in [0.1, 0.15) is 0 Å². The van der Waals surface area contributed by atoms with Crippen molar-refractivity contribution in [2.24, 2.45) is 0 Å². The van der Waals surface area contributed by atoms with Crippen LogP contribution in [0.3, 0.4) is 0 Å². The molecule has 2 heterocycles. The summed E-state index contributed by atoms with van der Waals surface area (Å²) in [5, 5.41) is 4.90. The van der Waals surface area contributed by atoms with Gasteiger partial charge in [-0.25, -0.2) is 4.98 Å². The lowest BCUT2D eigenvalue weighted by Gasteiger charge is -1.70. The van der Waals surface area contributed by atoms with Gasteiger partial charge in [0.2, 0.25) is 5.16 Å². The van der Waals surface area contributed by atoms with E-state index in [4.69, 9.17) is 0 Å². The van der Waals surface area contributed by atoms with Crippen molar-refractivity contribution in [1.82, 2.24) is 14.8 Å². The molecule has 3 nitrogen and oxygen atoms in total. The highest BCUT2D eigenvalue weighted by atomic mass is 32.2. The van der Waals surface area contributed by atoms with E-state index in [0.29, 0.717) is 0 Å². The van der Waals surface area contributed by atoms with Crippen LogP contribution in [0.5, 0.6) is 0 Å². The van der Waals surface area contributed by atoms with E-state index in [1.807, 2.05) is 6.20 Å². The van der Waals surface area contributed by atoms with Crippen molar-refractivity contribution < 1.29 is 0 Å². The quantitative estimate of drug-likeness (QED) is 0.493. The van der Waals surface area contributed by atoms with Crippen molar-refractivity contribution in [3.05, 3.63) is 12.4 Å². The first-order valence-corrected chi connectivity index (χ1v) is 3.07. The molecule has 4 heteroatoms. The van der Waals surface area contributed by atoms with Gasteiger partial charge in [0.25, 0.3) is 0 Å². The molecule has 0 bridgehead atoms. The highest BCUT2D eigenvalue weighted by Crippen LogP contribution is 2.13. The topological polar surface area (TPSA) is 31.9 Å². The first-order valence-electron chi connectivity index (χ1n) is 2.19. The van der Waals surface area contributed by atoms with Gasteiger partial charge in [-0.05, 0) is 4.68 Å². The van der Waals surface area contributed by atoms with Gasteiger partial charge in [0, 0.05) is 11.8 Å². The maximum atomic E-state index is 4.00. The molecule has 0 unspecified atom stereocenters. The molecule has 0 fully saturated rings. The Morgan fingerprint density at radius 2 is 2.75 bits per heavy atom. The zero-order valence-corrected chi connectivity index (χ0v) is 4.80. The summed E-state index contributed by atoms with van der Waals surface area (Å²) >= 11 is 1.53. The molecule has 2 rings (SSSR count). The van der Waals surface area contributed by atoms with Crippen molar-refractivity contribution in [1.29, 1.82) is 0 Å². The second kappa shape index (κ2) is 1.35. The minimum Gasteiger partial charge on any atom is -0.225 e. The summed E-state index contributed by atoms with van der Waals surface area (Å²) in [6.45, 7) is 0. The Kier molecular flexibility index (Phi) is 0.700. The Balaban J connectivity index is 2.67. The standard InChI is InChI=1S/C4H3N3S/c1-2-7-4(5-1)8-3-6-7/h1-3H/q+1. The van der Waals surface area contributed by atoms with E-state index < -0.39 is 0 Å². The Bertz CT molecular complexity index is 227. The Morgan fingerprint density at radius 3 is 3.62 bits per heavy atom. The van der Waals surface area contributed by atoms with Crippen molar-refractivity contribution in [2.75, 3.05) is 0 Å². The van der Waals surface area contributed by atoms with E-state index in [2.05, 4.69) is 10.1 Å². The molecule has 1 aliphatic heterocycles. The lowest BCUT2D eigenvalue weighted by atomic mass is 11.0. The van der Waals surface area contributed by atoms with Crippen LogP contribution in [0.2, 0.25) is 0 Å². The zero-order chi connectivity index (χ0) is 5.40. The number of rotatable bonds is 0. The number of fused-ring (bicyclic) bond motifs is 1. The van der Waals surface area contributed by atoms with Crippen LogP contribution in [0.4, 0.5) is 0 Å². The molecular weight excluding hydrogens is 122 g/mol. The van der Waals surface area contributed by atoms with E-state index in [1.165, 1.54) is 11.8 Å². The molecule has 0 saturated carbocycles. The SMILES string of the molecule is C1=[N+]n2ccnc2S1. The van der Waals surface area contributed by atoms with Crippen molar-refractivity contribution in [2.45, 2.75) is 5.16 Å². The lowest BCUT2D eigenvalue weighted by molar-refractivity contribution is 0.714. The van der Waals surface area contributed by atoms with Crippen LogP contribution in [-0.2, 0) is 0 Å². The molecule has 1 aromatic heterocycles. The summed E-state index contributed by atoms with van der Waals surface area (Å²) in [4.78, 5) is 4.00. The van der Waals surface area contributed by atoms with Crippen LogP contribution >= 0.6 is 11.8 Å². The largest absolute Gasteiger partial charge is 0.317 e. The lowest BCUT2D eigenvalue weighted by Crippen LogP contribution is -1.93. The summed E-state index contributed by atoms with van der Waals surface area (Å²) < 4.78 is 1.74. The molecule has 0 aromatic carbocycles. The van der Waals surface area contributed by atoms with Gasteiger partial charge in [-0.1, -0.05) is 0 Å². The van der Waals surface area contributed by atoms with Gasteiger partial charge in [0.1, 0.15) is 0 Å². The number of aromatic nitrogens is 2. The monoisotopic (exact) mass is 125 g/mol. The molecule has 0 saturated heterocycles. The highest BCUT2D eigenvalue weighted by Gasteiger charge is 2.16. The van der Waals surface area contributed by atoms with E-state index in [-0.39, 0.29) is 0 Å². The predicted octanol–water partition coefficient (Wildman–Crippen LogP) is 0.116. The van der Waals surface area contributed by atoms with E-state index >= 15 is 0 Å².